The molecular formula is C14H20N2O3S. The van der Waals surface area contributed by atoms with Crippen molar-refractivity contribution in [3.63, 3.8) is 0 Å². The molecule has 0 bridgehead atoms. The zero-order chi connectivity index (χ0) is 14.2. The molecule has 1 fully saturated rings. The summed E-state index contributed by atoms with van der Waals surface area (Å²) in [7, 11) is -3.52. The van der Waals surface area contributed by atoms with E-state index >= 15 is 0 Å². The van der Waals surface area contributed by atoms with Crippen LogP contribution in [0.25, 0.3) is 0 Å². The van der Waals surface area contributed by atoms with Crippen molar-refractivity contribution in [1.82, 2.24) is 4.72 Å². The average Bonchev–Trinajstić information content (AvgIpc) is 2.56. The van der Waals surface area contributed by atoms with Crippen LogP contribution in [0, 0.1) is 0 Å². The van der Waals surface area contributed by atoms with Gasteiger partial charge in [-0.25, -0.2) is 13.1 Å². The molecule has 1 aromatic carbocycles. The van der Waals surface area contributed by atoms with Gasteiger partial charge in [0.1, 0.15) is 17.3 Å². The first-order valence-corrected chi connectivity index (χ1v) is 8.59. The van der Waals surface area contributed by atoms with Crippen molar-refractivity contribution < 1.29 is 13.2 Å². The van der Waals surface area contributed by atoms with E-state index in [0.29, 0.717) is 17.3 Å². The lowest BCUT2D eigenvalue weighted by Gasteiger charge is -2.30. The predicted molar refractivity (Wildman–Crippen MR) is 77.8 cm³/mol. The number of hydrogen-bond acceptors (Lipinski definition) is 4. The number of nitrogens with zero attached hydrogens (tertiary/aromatic N) is 1. The molecule has 0 amide bonds. The van der Waals surface area contributed by atoms with Crippen molar-refractivity contribution in [3.05, 3.63) is 18.2 Å². The van der Waals surface area contributed by atoms with Crippen LogP contribution in [0.4, 0.5) is 5.69 Å². The maximum absolute atomic E-state index is 12.5. The molecule has 0 aromatic heterocycles. The Morgan fingerprint density at radius 3 is 2.75 bits per heavy atom. The van der Waals surface area contributed by atoms with Crippen LogP contribution in [0.1, 0.15) is 26.2 Å². The van der Waals surface area contributed by atoms with Crippen LogP contribution in [0.5, 0.6) is 5.75 Å². The molecule has 2 heterocycles. The van der Waals surface area contributed by atoms with E-state index < -0.39 is 10.0 Å². The van der Waals surface area contributed by atoms with Gasteiger partial charge in [0, 0.05) is 13.1 Å². The van der Waals surface area contributed by atoms with Crippen LogP contribution in [-0.2, 0) is 10.0 Å². The molecule has 0 aliphatic carbocycles. The lowest BCUT2D eigenvalue weighted by Crippen LogP contribution is -2.35. The molecule has 3 rings (SSSR count). The smallest absolute Gasteiger partial charge is 0.246 e. The summed E-state index contributed by atoms with van der Waals surface area (Å²) in [6.45, 7) is 3.97. The first-order chi connectivity index (χ1) is 9.58. The third-order valence-corrected chi connectivity index (χ3v) is 5.43. The van der Waals surface area contributed by atoms with Gasteiger partial charge in [-0.05, 0) is 38.3 Å². The summed E-state index contributed by atoms with van der Waals surface area (Å²) in [5, 5.41) is 0. The number of benzene rings is 1. The highest BCUT2D eigenvalue weighted by Crippen LogP contribution is 2.36. The van der Waals surface area contributed by atoms with E-state index in [4.69, 9.17) is 4.74 Å². The maximum atomic E-state index is 12.5. The number of sulfonamides is 1. The van der Waals surface area contributed by atoms with Gasteiger partial charge in [0.25, 0.3) is 0 Å². The maximum Gasteiger partial charge on any atom is 0.246 e. The van der Waals surface area contributed by atoms with E-state index in [-0.39, 0.29) is 6.04 Å². The van der Waals surface area contributed by atoms with Crippen LogP contribution in [-0.4, -0.2) is 34.2 Å². The highest BCUT2D eigenvalue weighted by atomic mass is 32.2. The second kappa shape index (κ2) is 5.26. The van der Waals surface area contributed by atoms with Crippen molar-refractivity contribution in [2.24, 2.45) is 0 Å². The van der Waals surface area contributed by atoms with Crippen molar-refractivity contribution in [1.29, 1.82) is 0 Å². The number of piperidine rings is 1. The standard InChI is InChI=1S/C14H20N2O3S/c1-11-10-19-13-7-5-6-12(14(13)20(17,18)15-11)16-8-3-2-4-9-16/h5-7,11,15H,2-4,8-10H2,1H3/t11-/m1/s1. The Balaban J connectivity index is 2.09. The summed E-state index contributed by atoms with van der Waals surface area (Å²) in [5.41, 5.74) is 0.767. The van der Waals surface area contributed by atoms with Crippen LogP contribution < -0.4 is 14.4 Å². The number of ether oxygens (including phenoxy) is 1. The molecule has 1 aromatic rings. The molecule has 1 saturated heterocycles. The quantitative estimate of drug-likeness (QED) is 0.857. The van der Waals surface area contributed by atoms with Crippen molar-refractivity contribution in [2.45, 2.75) is 37.1 Å². The zero-order valence-electron chi connectivity index (χ0n) is 11.6. The molecule has 0 spiro atoms. The second-order valence-electron chi connectivity index (χ2n) is 5.49. The van der Waals surface area contributed by atoms with Crippen LogP contribution in [0.3, 0.4) is 0 Å². The van der Waals surface area contributed by atoms with E-state index in [2.05, 4.69) is 9.62 Å². The fraction of sp³-hybridized carbons (Fsp3) is 0.571. The Labute approximate surface area is 120 Å². The summed E-state index contributed by atoms with van der Waals surface area (Å²) in [6, 6.07) is 5.26. The van der Waals surface area contributed by atoms with Crippen molar-refractivity contribution >= 4 is 15.7 Å². The van der Waals surface area contributed by atoms with E-state index in [1.165, 1.54) is 6.42 Å². The molecule has 0 saturated carbocycles. The highest BCUT2D eigenvalue weighted by molar-refractivity contribution is 7.89. The van der Waals surface area contributed by atoms with E-state index in [9.17, 15) is 8.42 Å². The van der Waals surface area contributed by atoms with Gasteiger partial charge in [-0.2, -0.15) is 0 Å². The van der Waals surface area contributed by atoms with Gasteiger partial charge in [-0.15, -0.1) is 0 Å². The lowest BCUT2D eigenvalue weighted by molar-refractivity contribution is 0.288. The first-order valence-electron chi connectivity index (χ1n) is 7.11. The molecule has 20 heavy (non-hydrogen) atoms. The summed E-state index contributed by atoms with van der Waals surface area (Å²) in [5.74, 6) is 0.463. The van der Waals surface area contributed by atoms with Gasteiger partial charge in [0.15, 0.2) is 0 Å². The third kappa shape index (κ3) is 2.50. The van der Waals surface area contributed by atoms with E-state index in [1.807, 2.05) is 19.1 Å². The Morgan fingerprint density at radius 2 is 2.00 bits per heavy atom. The van der Waals surface area contributed by atoms with Gasteiger partial charge in [-0.3, -0.25) is 0 Å². The second-order valence-corrected chi connectivity index (χ2v) is 7.14. The van der Waals surface area contributed by atoms with Gasteiger partial charge in [0.2, 0.25) is 10.0 Å². The average molecular weight is 296 g/mol. The van der Waals surface area contributed by atoms with Gasteiger partial charge >= 0.3 is 0 Å². The van der Waals surface area contributed by atoms with Crippen molar-refractivity contribution in [3.8, 4) is 5.75 Å². The summed E-state index contributed by atoms with van der Waals surface area (Å²) < 4.78 is 33.4. The summed E-state index contributed by atoms with van der Waals surface area (Å²) in [4.78, 5) is 2.45. The molecule has 5 nitrogen and oxygen atoms in total. The SMILES string of the molecule is C[C@@H]1COc2cccc(N3CCCCC3)c2S(=O)(=O)N1. The molecule has 0 radical (unpaired) electrons. The normalized spacial score (nSPS) is 25.4. The number of nitrogens with one attached hydrogen (secondary N) is 1. The van der Waals surface area contributed by atoms with Crippen LogP contribution in [0.15, 0.2) is 23.1 Å². The lowest BCUT2D eigenvalue weighted by atomic mass is 10.1. The van der Waals surface area contributed by atoms with Crippen LogP contribution >= 0.6 is 0 Å². The van der Waals surface area contributed by atoms with Gasteiger partial charge < -0.3 is 9.64 Å². The molecule has 1 atom stereocenters. The molecule has 2 aliphatic heterocycles. The monoisotopic (exact) mass is 296 g/mol. The number of anilines is 1. The van der Waals surface area contributed by atoms with Gasteiger partial charge in [-0.1, -0.05) is 6.07 Å². The third-order valence-electron chi connectivity index (χ3n) is 3.77. The van der Waals surface area contributed by atoms with E-state index in [0.717, 1.165) is 31.6 Å². The number of fused-ring (bicyclic) bond motifs is 1. The van der Waals surface area contributed by atoms with Crippen LogP contribution in [0.2, 0.25) is 0 Å². The largest absolute Gasteiger partial charge is 0.490 e. The van der Waals surface area contributed by atoms with Gasteiger partial charge in [0.05, 0.1) is 11.7 Å². The molecule has 6 heteroatoms. The Hall–Kier alpha value is -1.27. The zero-order valence-corrected chi connectivity index (χ0v) is 12.4. The molecular weight excluding hydrogens is 276 g/mol. The number of hydrogen-bond donors (Lipinski definition) is 1. The molecule has 1 N–H and O–H groups in total. The topological polar surface area (TPSA) is 58.6 Å². The molecule has 110 valence electrons. The Kier molecular flexibility index (Phi) is 3.60. The minimum atomic E-state index is -3.52. The van der Waals surface area contributed by atoms with Crippen molar-refractivity contribution in [2.75, 3.05) is 24.6 Å². The minimum Gasteiger partial charge on any atom is -0.490 e. The first kappa shape index (κ1) is 13.7. The van der Waals surface area contributed by atoms with E-state index in [1.54, 1.807) is 6.07 Å². The highest BCUT2D eigenvalue weighted by Gasteiger charge is 2.31. The summed E-state index contributed by atoms with van der Waals surface area (Å²) >= 11 is 0. The summed E-state index contributed by atoms with van der Waals surface area (Å²) in [6.07, 6.45) is 3.42. The Bertz CT molecular complexity index is 594. The fourth-order valence-electron chi connectivity index (χ4n) is 2.84. The number of rotatable bonds is 1. The Morgan fingerprint density at radius 1 is 1.25 bits per heavy atom. The predicted octanol–water partition coefficient (Wildman–Crippen LogP) is 1.74. The molecule has 2 aliphatic rings. The minimum absolute atomic E-state index is 0.221. The molecule has 0 unspecified atom stereocenters. The fourth-order valence-corrected chi connectivity index (χ4v) is 4.42.